The van der Waals surface area contributed by atoms with E-state index in [1.165, 1.54) is 6.07 Å². The molecule has 0 aromatic heterocycles. The molecule has 5 nitrogen and oxygen atoms in total. The van der Waals surface area contributed by atoms with Gasteiger partial charge >= 0.3 is 0 Å². The first-order valence-electron chi connectivity index (χ1n) is 4.19. The normalized spacial score (nSPS) is 14.7. The van der Waals surface area contributed by atoms with E-state index in [1.54, 1.807) is 12.1 Å². The van der Waals surface area contributed by atoms with Crippen molar-refractivity contribution >= 4 is 17.3 Å². The standard InChI is InChI=1S/C9H8N2O3/c12-9-3-4-14-8-2-1-6(11-13)5-7(8)10-9/h1-2,5H,3-4H2,(H,10,12). The quantitative estimate of drug-likeness (QED) is 0.690. The van der Waals surface area contributed by atoms with Gasteiger partial charge in [-0.2, -0.15) is 0 Å². The highest BCUT2D eigenvalue weighted by Crippen LogP contribution is 2.30. The zero-order valence-corrected chi connectivity index (χ0v) is 7.32. The zero-order valence-electron chi connectivity index (χ0n) is 7.32. The number of nitrogens with one attached hydrogen (secondary N) is 1. The number of carbonyl (C=O) groups is 1. The monoisotopic (exact) mass is 192 g/mol. The van der Waals surface area contributed by atoms with Gasteiger partial charge in [-0.05, 0) is 23.4 Å². The van der Waals surface area contributed by atoms with E-state index in [0.717, 1.165) is 0 Å². The largest absolute Gasteiger partial charge is 0.491 e. The van der Waals surface area contributed by atoms with Crippen LogP contribution < -0.4 is 10.1 Å². The highest BCUT2D eigenvalue weighted by atomic mass is 16.5. The summed E-state index contributed by atoms with van der Waals surface area (Å²) in [6, 6.07) is 4.66. The lowest BCUT2D eigenvalue weighted by atomic mass is 10.2. The van der Waals surface area contributed by atoms with Gasteiger partial charge in [-0.25, -0.2) is 0 Å². The molecular formula is C9H8N2O3. The Kier molecular flexibility index (Phi) is 2.14. The Morgan fingerprint density at radius 3 is 3.07 bits per heavy atom. The van der Waals surface area contributed by atoms with Crippen molar-refractivity contribution in [3.05, 3.63) is 23.1 Å². The Morgan fingerprint density at radius 2 is 2.29 bits per heavy atom. The number of ether oxygens (including phenoxy) is 1. The van der Waals surface area contributed by atoms with Crippen LogP contribution in [-0.2, 0) is 4.79 Å². The molecule has 0 spiro atoms. The van der Waals surface area contributed by atoms with Crippen molar-refractivity contribution in [2.24, 2.45) is 5.18 Å². The van der Waals surface area contributed by atoms with E-state index < -0.39 is 0 Å². The Bertz CT molecular complexity index is 390. The topological polar surface area (TPSA) is 67.8 Å². The number of nitroso groups, excluding NO2 is 1. The molecule has 0 saturated carbocycles. The predicted molar refractivity (Wildman–Crippen MR) is 50.6 cm³/mol. The third-order valence-electron chi connectivity index (χ3n) is 1.93. The summed E-state index contributed by atoms with van der Waals surface area (Å²) in [5, 5.41) is 5.41. The first kappa shape index (κ1) is 8.68. The first-order valence-corrected chi connectivity index (χ1v) is 4.19. The van der Waals surface area contributed by atoms with E-state index in [2.05, 4.69) is 10.5 Å². The Morgan fingerprint density at radius 1 is 1.43 bits per heavy atom. The third kappa shape index (κ3) is 1.56. The Balaban J connectivity index is 2.41. The van der Waals surface area contributed by atoms with Crippen LogP contribution in [0.1, 0.15) is 6.42 Å². The number of nitrogens with zero attached hydrogens (tertiary/aromatic N) is 1. The van der Waals surface area contributed by atoms with Crippen LogP contribution in [-0.4, -0.2) is 12.5 Å². The molecule has 0 saturated heterocycles. The number of rotatable bonds is 1. The minimum atomic E-state index is -0.119. The molecule has 1 N–H and O–H groups in total. The second-order valence-electron chi connectivity index (χ2n) is 2.92. The van der Waals surface area contributed by atoms with Crippen LogP contribution in [0.4, 0.5) is 11.4 Å². The predicted octanol–water partition coefficient (Wildman–Crippen LogP) is 1.81. The van der Waals surface area contributed by atoms with E-state index in [-0.39, 0.29) is 11.6 Å². The molecular weight excluding hydrogens is 184 g/mol. The highest BCUT2D eigenvalue weighted by molar-refractivity contribution is 5.93. The molecule has 0 fully saturated rings. The van der Waals surface area contributed by atoms with Gasteiger partial charge in [0.2, 0.25) is 5.91 Å². The van der Waals surface area contributed by atoms with Gasteiger partial charge in [-0.3, -0.25) is 4.79 Å². The van der Waals surface area contributed by atoms with Gasteiger partial charge in [-0.1, -0.05) is 0 Å². The number of amides is 1. The summed E-state index contributed by atoms with van der Waals surface area (Å²) in [7, 11) is 0. The van der Waals surface area contributed by atoms with Gasteiger partial charge in [0.15, 0.2) is 0 Å². The molecule has 1 aliphatic rings. The molecule has 72 valence electrons. The Hall–Kier alpha value is -1.91. The van der Waals surface area contributed by atoms with E-state index in [4.69, 9.17) is 4.74 Å². The fourth-order valence-electron chi connectivity index (χ4n) is 1.26. The fraction of sp³-hybridized carbons (Fsp3) is 0.222. The maximum absolute atomic E-state index is 11.1. The minimum Gasteiger partial charge on any atom is -0.491 e. The van der Waals surface area contributed by atoms with Gasteiger partial charge in [0, 0.05) is 0 Å². The van der Waals surface area contributed by atoms with Crippen molar-refractivity contribution in [1.29, 1.82) is 0 Å². The van der Waals surface area contributed by atoms with Crippen LogP contribution in [0.3, 0.4) is 0 Å². The average Bonchev–Trinajstić information content (AvgIpc) is 2.37. The molecule has 1 aliphatic heterocycles. The van der Waals surface area contributed by atoms with Crippen LogP contribution in [0.5, 0.6) is 5.75 Å². The van der Waals surface area contributed by atoms with Crippen LogP contribution >= 0.6 is 0 Å². The molecule has 0 atom stereocenters. The van der Waals surface area contributed by atoms with Crippen LogP contribution in [0.15, 0.2) is 23.4 Å². The molecule has 0 bridgehead atoms. The summed E-state index contributed by atoms with van der Waals surface area (Å²) in [4.78, 5) is 21.4. The average molecular weight is 192 g/mol. The molecule has 1 aromatic carbocycles. The molecule has 14 heavy (non-hydrogen) atoms. The summed E-state index contributed by atoms with van der Waals surface area (Å²) < 4.78 is 5.29. The van der Waals surface area contributed by atoms with Crippen molar-refractivity contribution < 1.29 is 9.53 Å². The molecule has 5 heteroatoms. The number of benzene rings is 1. The van der Waals surface area contributed by atoms with Crippen LogP contribution in [0.2, 0.25) is 0 Å². The number of anilines is 1. The molecule has 1 aromatic rings. The summed E-state index contributed by atoms with van der Waals surface area (Å²) >= 11 is 0. The van der Waals surface area contributed by atoms with Gasteiger partial charge in [0.25, 0.3) is 0 Å². The third-order valence-corrected chi connectivity index (χ3v) is 1.93. The van der Waals surface area contributed by atoms with Gasteiger partial charge in [0.1, 0.15) is 11.4 Å². The lowest BCUT2D eigenvalue weighted by Gasteiger charge is -2.05. The lowest BCUT2D eigenvalue weighted by Crippen LogP contribution is -2.10. The minimum absolute atomic E-state index is 0.119. The number of carbonyl (C=O) groups excluding carboxylic acids is 1. The molecule has 0 unspecified atom stereocenters. The molecule has 0 aliphatic carbocycles. The van der Waals surface area contributed by atoms with Crippen molar-refractivity contribution in [1.82, 2.24) is 0 Å². The van der Waals surface area contributed by atoms with Crippen molar-refractivity contribution in [3.63, 3.8) is 0 Å². The number of hydrogen-bond donors (Lipinski definition) is 1. The zero-order chi connectivity index (χ0) is 9.97. The summed E-state index contributed by atoms with van der Waals surface area (Å²) in [5.41, 5.74) is 0.777. The highest BCUT2D eigenvalue weighted by Gasteiger charge is 2.13. The maximum Gasteiger partial charge on any atom is 0.227 e. The molecule has 0 radical (unpaired) electrons. The van der Waals surface area contributed by atoms with E-state index in [9.17, 15) is 9.70 Å². The Labute approximate surface area is 80.0 Å². The molecule has 1 amide bonds. The van der Waals surface area contributed by atoms with Crippen molar-refractivity contribution in [2.45, 2.75) is 6.42 Å². The second kappa shape index (κ2) is 3.45. The summed E-state index contributed by atoms with van der Waals surface area (Å²) in [6.45, 7) is 0.354. The van der Waals surface area contributed by atoms with Gasteiger partial charge in [-0.15, -0.1) is 4.91 Å². The van der Waals surface area contributed by atoms with E-state index in [0.29, 0.717) is 24.5 Å². The maximum atomic E-state index is 11.1. The van der Waals surface area contributed by atoms with Crippen molar-refractivity contribution in [2.75, 3.05) is 11.9 Å². The fourth-order valence-corrected chi connectivity index (χ4v) is 1.26. The summed E-state index contributed by atoms with van der Waals surface area (Å²) in [6.07, 6.45) is 0.318. The van der Waals surface area contributed by atoms with Gasteiger partial charge < -0.3 is 10.1 Å². The van der Waals surface area contributed by atoms with E-state index in [1.807, 2.05) is 0 Å². The van der Waals surface area contributed by atoms with E-state index >= 15 is 0 Å². The second-order valence-corrected chi connectivity index (χ2v) is 2.92. The first-order chi connectivity index (χ1) is 6.79. The SMILES string of the molecule is O=Nc1ccc2c(c1)NC(=O)CCO2. The summed E-state index contributed by atoms with van der Waals surface area (Å²) in [5.74, 6) is 0.454. The van der Waals surface area contributed by atoms with Crippen LogP contribution in [0, 0.1) is 4.91 Å². The van der Waals surface area contributed by atoms with Crippen molar-refractivity contribution in [3.8, 4) is 5.75 Å². The van der Waals surface area contributed by atoms with Gasteiger partial charge in [0.05, 0.1) is 18.7 Å². The lowest BCUT2D eigenvalue weighted by molar-refractivity contribution is -0.116. The molecule has 2 rings (SSSR count). The molecule has 1 heterocycles. The smallest absolute Gasteiger partial charge is 0.227 e. The number of fused-ring (bicyclic) bond motifs is 1. The number of hydrogen-bond acceptors (Lipinski definition) is 4. The van der Waals surface area contributed by atoms with Crippen LogP contribution in [0.25, 0.3) is 0 Å².